The van der Waals surface area contributed by atoms with E-state index in [1.165, 1.54) is 0 Å². The lowest BCUT2D eigenvalue weighted by Gasteiger charge is -2.32. The van der Waals surface area contributed by atoms with Crippen LogP contribution in [0.2, 0.25) is 0 Å². The highest BCUT2D eigenvalue weighted by Gasteiger charge is 2.50. The molecule has 2 rings (SSSR count). The van der Waals surface area contributed by atoms with E-state index in [-0.39, 0.29) is 29.8 Å². The first kappa shape index (κ1) is 19.4. The molecule has 2 aliphatic rings. The minimum absolute atomic E-state index is 0.133. The van der Waals surface area contributed by atoms with Crippen LogP contribution in [0.1, 0.15) is 60.8 Å². The maximum atomic E-state index is 10.7. The van der Waals surface area contributed by atoms with E-state index in [0.29, 0.717) is 12.8 Å². The van der Waals surface area contributed by atoms with E-state index in [4.69, 9.17) is 23.9 Å². The quantitative estimate of drug-likeness (QED) is 0.750. The molecule has 6 nitrogen and oxygen atoms in total. The molecule has 1 N–H and O–H groups in total. The molecule has 0 aromatic carbocycles. The van der Waals surface area contributed by atoms with Gasteiger partial charge in [-0.3, -0.25) is 4.79 Å². The Morgan fingerprint density at radius 1 is 1.08 bits per heavy atom. The van der Waals surface area contributed by atoms with Crippen LogP contribution in [0.15, 0.2) is 12.1 Å². The van der Waals surface area contributed by atoms with Gasteiger partial charge in [0.05, 0.1) is 17.3 Å². The van der Waals surface area contributed by atoms with Crippen molar-refractivity contribution in [1.29, 1.82) is 0 Å². The molecule has 0 saturated carbocycles. The fourth-order valence-corrected chi connectivity index (χ4v) is 2.87. The van der Waals surface area contributed by atoms with Gasteiger partial charge in [-0.1, -0.05) is 12.1 Å². The molecule has 2 unspecified atom stereocenters. The number of hydrogen-bond donors (Lipinski definition) is 1. The highest BCUT2D eigenvalue weighted by molar-refractivity contribution is 6.51. The molecule has 0 spiro atoms. The topological polar surface area (TPSA) is 74.2 Å². The van der Waals surface area contributed by atoms with Crippen molar-refractivity contribution < 1.29 is 28.7 Å². The highest BCUT2D eigenvalue weighted by Crippen LogP contribution is 2.37. The second kappa shape index (κ2) is 6.79. The lowest BCUT2D eigenvalue weighted by atomic mass is 9.88. The van der Waals surface area contributed by atoms with Gasteiger partial charge in [0.1, 0.15) is 6.10 Å². The Hall–Kier alpha value is -0.885. The Labute approximate surface area is 144 Å². The number of carbonyl (C=O) groups is 1. The molecule has 136 valence electrons. The Morgan fingerprint density at radius 3 is 2.21 bits per heavy atom. The molecule has 2 fully saturated rings. The van der Waals surface area contributed by atoms with Crippen molar-refractivity contribution >= 4 is 13.1 Å². The molecule has 0 aromatic rings. The Kier molecular flexibility index (Phi) is 5.50. The van der Waals surface area contributed by atoms with Crippen LogP contribution in [-0.4, -0.2) is 47.4 Å². The average Bonchev–Trinajstić information content (AvgIpc) is 2.79. The van der Waals surface area contributed by atoms with Gasteiger partial charge in [0.25, 0.3) is 0 Å². The predicted octanol–water partition coefficient (Wildman–Crippen LogP) is 2.95. The van der Waals surface area contributed by atoms with Crippen LogP contribution >= 0.6 is 0 Å². The molecule has 7 heteroatoms. The smallest absolute Gasteiger partial charge is 0.481 e. The zero-order valence-corrected chi connectivity index (χ0v) is 15.5. The lowest BCUT2D eigenvalue weighted by Crippen LogP contribution is -2.41. The molecule has 2 aliphatic heterocycles. The summed E-state index contributed by atoms with van der Waals surface area (Å²) in [6, 6.07) is 0. The molecular formula is C17H29BO6. The minimum Gasteiger partial charge on any atom is -0.481 e. The first-order valence-electron chi connectivity index (χ1n) is 8.53. The van der Waals surface area contributed by atoms with Crippen molar-refractivity contribution in [2.24, 2.45) is 0 Å². The van der Waals surface area contributed by atoms with E-state index >= 15 is 0 Å². The zero-order chi connectivity index (χ0) is 18.2. The van der Waals surface area contributed by atoms with E-state index in [2.05, 4.69) is 0 Å². The van der Waals surface area contributed by atoms with Gasteiger partial charge in [0, 0.05) is 6.42 Å². The number of aliphatic carboxylic acids is 1. The third kappa shape index (κ3) is 4.60. The van der Waals surface area contributed by atoms with Crippen molar-refractivity contribution in [3.8, 4) is 0 Å². The van der Waals surface area contributed by atoms with Crippen LogP contribution in [0.4, 0.5) is 0 Å². The Bertz CT molecular complexity index is 483. The van der Waals surface area contributed by atoms with E-state index in [1.54, 1.807) is 0 Å². The summed E-state index contributed by atoms with van der Waals surface area (Å²) < 4.78 is 23.7. The largest absolute Gasteiger partial charge is 0.486 e. The summed E-state index contributed by atoms with van der Waals surface area (Å²) in [4.78, 5) is 10.7. The number of carboxylic acid groups (broad SMARTS) is 1. The monoisotopic (exact) mass is 340 g/mol. The maximum absolute atomic E-state index is 10.7. The Morgan fingerprint density at radius 2 is 1.67 bits per heavy atom. The van der Waals surface area contributed by atoms with E-state index in [1.807, 2.05) is 53.6 Å². The van der Waals surface area contributed by atoms with Crippen LogP contribution in [0.5, 0.6) is 0 Å². The van der Waals surface area contributed by atoms with E-state index < -0.39 is 18.9 Å². The number of hydrogen-bond acceptors (Lipinski definition) is 5. The summed E-state index contributed by atoms with van der Waals surface area (Å²) in [5.74, 6) is 0.382. The highest BCUT2D eigenvalue weighted by atomic mass is 16.7. The molecule has 0 aliphatic carbocycles. The third-order valence-corrected chi connectivity index (χ3v) is 4.83. The first-order valence-corrected chi connectivity index (χ1v) is 8.53. The van der Waals surface area contributed by atoms with Crippen molar-refractivity contribution in [2.75, 3.05) is 0 Å². The summed E-state index contributed by atoms with van der Waals surface area (Å²) >= 11 is 0. The molecule has 24 heavy (non-hydrogen) atoms. The van der Waals surface area contributed by atoms with Gasteiger partial charge in [-0.2, -0.15) is 0 Å². The van der Waals surface area contributed by atoms with Gasteiger partial charge in [-0.25, -0.2) is 0 Å². The molecule has 2 atom stereocenters. The second-order valence-electron chi connectivity index (χ2n) is 7.93. The summed E-state index contributed by atoms with van der Waals surface area (Å²) in [5.41, 5.74) is -0.760. The van der Waals surface area contributed by atoms with Crippen molar-refractivity contribution in [3.63, 3.8) is 0 Å². The summed E-state index contributed by atoms with van der Waals surface area (Å²) in [6.45, 7) is 11.8. The normalized spacial score (nSPS) is 31.0. The van der Waals surface area contributed by atoms with Crippen LogP contribution in [-0.2, 0) is 23.6 Å². The fourth-order valence-electron chi connectivity index (χ4n) is 2.87. The van der Waals surface area contributed by atoms with Gasteiger partial charge < -0.3 is 23.9 Å². The summed E-state index contributed by atoms with van der Waals surface area (Å²) in [5, 5.41) is 8.78. The molecule has 0 aromatic heterocycles. The van der Waals surface area contributed by atoms with Crippen LogP contribution in [0.25, 0.3) is 0 Å². The van der Waals surface area contributed by atoms with Crippen molar-refractivity contribution in [3.05, 3.63) is 12.1 Å². The number of ether oxygens (including phenoxy) is 2. The molecule has 0 bridgehead atoms. The van der Waals surface area contributed by atoms with Gasteiger partial charge in [-0.05, 0) is 54.4 Å². The van der Waals surface area contributed by atoms with Crippen LogP contribution in [0.3, 0.4) is 0 Å². The molecule has 0 amide bonds. The standard InChI is InChI=1S/C17H29BO6/c1-15(2)16(3,4)24-18(23-15)11-10-13-12(8-7-9-14(19)20)21-17(5,6)22-13/h10-13H,7-9H2,1-6H3,(H,19,20)/b11-10+. The van der Waals surface area contributed by atoms with Gasteiger partial charge in [0.15, 0.2) is 5.79 Å². The predicted molar refractivity (Wildman–Crippen MR) is 90.5 cm³/mol. The van der Waals surface area contributed by atoms with Gasteiger partial charge >= 0.3 is 13.1 Å². The van der Waals surface area contributed by atoms with E-state index in [9.17, 15) is 4.79 Å². The minimum atomic E-state index is -0.794. The van der Waals surface area contributed by atoms with Crippen molar-refractivity contribution in [1.82, 2.24) is 0 Å². The summed E-state index contributed by atoms with van der Waals surface area (Å²) in [7, 11) is -0.429. The SMILES string of the molecule is CC1(C)OC(/C=C/B2OC(C)(C)C(C)(C)O2)C(CCCC(=O)O)O1. The molecular weight excluding hydrogens is 311 g/mol. The van der Waals surface area contributed by atoms with Crippen LogP contribution < -0.4 is 0 Å². The average molecular weight is 340 g/mol. The third-order valence-electron chi connectivity index (χ3n) is 4.83. The number of rotatable bonds is 6. The van der Waals surface area contributed by atoms with Crippen LogP contribution in [0, 0.1) is 0 Å². The number of carboxylic acids is 1. The Balaban J connectivity index is 1.97. The molecule has 0 radical (unpaired) electrons. The molecule has 2 heterocycles. The van der Waals surface area contributed by atoms with Gasteiger partial charge in [0.2, 0.25) is 0 Å². The lowest BCUT2D eigenvalue weighted by molar-refractivity contribution is -0.143. The van der Waals surface area contributed by atoms with Crippen molar-refractivity contribution in [2.45, 2.75) is 90.0 Å². The second-order valence-corrected chi connectivity index (χ2v) is 7.93. The zero-order valence-electron chi connectivity index (χ0n) is 15.5. The van der Waals surface area contributed by atoms with E-state index in [0.717, 1.165) is 0 Å². The first-order chi connectivity index (χ1) is 10.9. The summed E-state index contributed by atoms with van der Waals surface area (Å²) in [6.07, 6.45) is 2.82. The maximum Gasteiger partial charge on any atom is 0.486 e. The fraction of sp³-hybridized carbons (Fsp3) is 0.824. The van der Waals surface area contributed by atoms with Gasteiger partial charge in [-0.15, -0.1) is 0 Å². The molecule has 2 saturated heterocycles.